The predicted molar refractivity (Wildman–Crippen MR) is 81.5 cm³/mol. The Balaban J connectivity index is 2.19. The summed E-state index contributed by atoms with van der Waals surface area (Å²) in [6.45, 7) is 0. The molecule has 3 aromatic rings. The topological polar surface area (TPSA) is 56.0 Å². The van der Waals surface area contributed by atoms with Gasteiger partial charge in [0.2, 0.25) is 0 Å². The van der Waals surface area contributed by atoms with E-state index in [2.05, 4.69) is 20.9 Å². The lowest BCUT2D eigenvalue weighted by Crippen LogP contribution is -1.89. The highest BCUT2D eigenvalue weighted by molar-refractivity contribution is 9.10. The lowest BCUT2D eigenvalue weighted by atomic mass is 10.0. The van der Waals surface area contributed by atoms with E-state index < -0.39 is 4.92 Å². The molecule has 1 aromatic heterocycles. The number of halogens is 1. The Kier molecular flexibility index (Phi) is 3.20. The fourth-order valence-electron chi connectivity index (χ4n) is 2.15. The van der Waals surface area contributed by atoms with Gasteiger partial charge in [0, 0.05) is 29.3 Å². The number of non-ortho nitro benzene ring substituents is 1. The summed E-state index contributed by atoms with van der Waals surface area (Å²) in [5.41, 5.74) is 1.95. The molecule has 0 amide bonds. The van der Waals surface area contributed by atoms with Crippen molar-refractivity contribution in [1.29, 1.82) is 0 Å². The molecular weight excluding hydrogens is 320 g/mol. The van der Waals surface area contributed by atoms with E-state index in [1.165, 1.54) is 12.1 Å². The normalized spacial score (nSPS) is 10.7. The standard InChI is InChI=1S/C15H9BrN2O2/c16-15-13-4-2-1-3-12(13)14(9-17-15)10-5-7-11(8-6-10)18(19)20/h1-9H. The molecule has 98 valence electrons. The molecule has 0 aliphatic heterocycles. The van der Waals surface area contributed by atoms with Gasteiger partial charge in [0.05, 0.1) is 4.92 Å². The van der Waals surface area contributed by atoms with Gasteiger partial charge in [0.25, 0.3) is 5.69 Å². The molecule has 0 aliphatic carbocycles. The SMILES string of the molecule is O=[N+]([O-])c1ccc(-c2cnc(Br)c3ccccc23)cc1. The number of benzene rings is 2. The molecule has 20 heavy (non-hydrogen) atoms. The van der Waals surface area contributed by atoms with Gasteiger partial charge in [0.15, 0.2) is 0 Å². The minimum atomic E-state index is -0.401. The molecule has 1 heterocycles. The van der Waals surface area contributed by atoms with Crippen molar-refractivity contribution in [2.24, 2.45) is 0 Å². The summed E-state index contributed by atoms with van der Waals surface area (Å²) < 4.78 is 0.791. The molecule has 0 aliphatic rings. The fourth-order valence-corrected chi connectivity index (χ4v) is 2.60. The minimum Gasteiger partial charge on any atom is -0.258 e. The summed E-state index contributed by atoms with van der Waals surface area (Å²) in [6.07, 6.45) is 1.77. The molecule has 0 radical (unpaired) electrons. The molecule has 0 atom stereocenters. The van der Waals surface area contributed by atoms with E-state index >= 15 is 0 Å². The third-order valence-corrected chi connectivity index (χ3v) is 3.77. The first-order valence-corrected chi connectivity index (χ1v) is 6.74. The van der Waals surface area contributed by atoms with Gasteiger partial charge in [-0.25, -0.2) is 4.98 Å². The summed E-state index contributed by atoms with van der Waals surface area (Å²) in [4.78, 5) is 14.6. The van der Waals surface area contributed by atoms with Gasteiger partial charge in [-0.05, 0) is 39.0 Å². The number of nitrogens with zero attached hydrogens (tertiary/aromatic N) is 2. The summed E-state index contributed by atoms with van der Waals surface area (Å²) in [6, 6.07) is 14.4. The van der Waals surface area contributed by atoms with E-state index in [1.54, 1.807) is 18.3 Å². The second-order valence-corrected chi connectivity index (χ2v) is 5.06. The molecule has 2 aromatic carbocycles. The van der Waals surface area contributed by atoms with Crippen molar-refractivity contribution in [3.8, 4) is 11.1 Å². The Labute approximate surface area is 123 Å². The second kappa shape index (κ2) is 5.02. The van der Waals surface area contributed by atoms with Crippen LogP contribution in [-0.4, -0.2) is 9.91 Å². The molecule has 0 saturated heterocycles. The highest BCUT2D eigenvalue weighted by Crippen LogP contribution is 2.32. The van der Waals surface area contributed by atoms with Gasteiger partial charge in [-0.2, -0.15) is 0 Å². The van der Waals surface area contributed by atoms with Gasteiger partial charge in [-0.15, -0.1) is 0 Å². The number of aromatic nitrogens is 1. The fraction of sp³-hybridized carbons (Fsp3) is 0. The van der Waals surface area contributed by atoms with Crippen LogP contribution >= 0.6 is 15.9 Å². The van der Waals surface area contributed by atoms with Crippen LogP contribution in [0.2, 0.25) is 0 Å². The van der Waals surface area contributed by atoms with E-state index in [1.807, 2.05) is 24.3 Å². The van der Waals surface area contributed by atoms with Crippen LogP contribution in [0.15, 0.2) is 59.3 Å². The second-order valence-electron chi connectivity index (χ2n) is 4.31. The van der Waals surface area contributed by atoms with Crippen molar-refractivity contribution >= 4 is 32.4 Å². The number of nitro benzene ring substituents is 1. The van der Waals surface area contributed by atoms with E-state index in [4.69, 9.17) is 0 Å². The maximum Gasteiger partial charge on any atom is 0.269 e. The molecule has 0 N–H and O–H groups in total. The molecule has 5 heteroatoms. The van der Waals surface area contributed by atoms with Gasteiger partial charge < -0.3 is 0 Å². The number of hydrogen-bond acceptors (Lipinski definition) is 3. The number of pyridine rings is 1. The monoisotopic (exact) mass is 328 g/mol. The highest BCUT2D eigenvalue weighted by atomic mass is 79.9. The minimum absolute atomic E-state index is 0.0862. The lowest BCUT2D eigenvalue weighted by molar-refractivity contribution is -0.384. The van der Waals surface area contributed by atoms with Crippen LogP contribution < -0.4 is 0 Å². The summed E-state index contributed by atoms with van der Waals surface area (Å²) in [5, 5.41) is 12.8. The van der Waals surface area contributed by atoms with Crippen LogP contribution in [0.5, 0.6) is 0 Å². The van der Waals surface area contributed by atoms with E-state index in [-0.39, 0.29) is 5.69 Å². The van der Waals surface area contributed by atoms with Crippen LogP contribution in [0, 0.1) is 10.1 Å². The molecule has 0 spiro atoms. The number of hydrogen-bond donors (Lipinski definition) is 0. The van der Waals surface area contributed by atoms with Gasteiger partial charge in [-0.3, -0.25) is 10.1 Å². The number of fused-ring (bicyclic) bond motifs is 1. The van der Waals surface area contributed by atoms with Crippen LogP contribution in [0.4, 0.5) is 5.69 Å². The molecule has 3 rings (SSSR count). The average molecular weight is 329 g/mol. The zero-order valence-electron chi connectivity index (χ0n) is 10.3. The summed E-state index contributed by atoms with van der Waals surface area (Å²) in [7, 11) is 0. The molecule has 0 unspecified atom stereocenters. The average Bonchev–Trinajstić information content (AvgIpc) is 2.48. The zero-order chi connectivity index (χ0) is 14.1. The van der Waals surface area contributed by atoms with Gasteiger partial charge >= 0.3 is 0 Å². The van der Waals surface area contributed by atoms with Crippen molar-refractivity contribution in [2.45, 2.75) is 0 Å². The van der Waals surface area contributed by atoms with E-state index in [9.17, 15) is 10.1 Å². The quantitative estimate of drug-likeness (QED) is 0.393. The Hall–Kier alpha value is -2.27. The van der Waals surface area contributed by atoms with Crippen LogP contribution in [0.3, 0.4) is 0 Å². The first kappa shape index (κ1) is 12.7. The van der Waals surface area contributed by atoms with E-state index in [0.29, 0.717) is 0 Å². The smallest absolute Gasteiger partial charge is 0.258 e. The molecule has 0 bridgehead atoms. The van der Waals surface area contributed by atoms with Crippen molar-refractivity contribution in [2.75, 3.05) is 0 Å². The van der Waals surface area contributed by atoms with Crippen molar-refractivity contribution in [3.63, 3.8) is 0 Å². The molecule has 0 saturated carbocycles. The predicted octanol–water partition coefficient (Wildman–Crippen LogP) is 4.57. The number of rotatable bonds is 2. The first-order chi connectivity index (χ1) is 9.66. The zero-order valence-corrected chi connectivity index (χ0v) is 11.9. The molecule has 0 fully saturated rings. The van der Waals surface area contributed by atoms with Gasteiger partial charge in [-0.1, -0.05) is 24.3 Å². The Morgan fingerprint density at radius 2 is 1.65 bits per heavy atom. The van der Waals surface area contributed by atoms with Crippen LogP contribution in [0.25, 0.3) is 21.9 Å². The van der Waals surface area contributed by atoms with Crippen molar-refractivity contribution in [3.05, 3.63) is 69.4 Å². The van der Waals surface area contributed by atoms with Crippen LogP contribution in [0.1, 0.15) is 0 Å². The maximum absolute atomic E-state index is 10.7. The Morgan fingerprint density at radius 3 is 2.30 bits per heavy atom. The van der Waals surface area contributed by atoms with Crippen LogP contribution in [-0.2, 0) is 0 Å². The van der Waals surface area contributed by atoms with Gasteiger partial charge in [0.1, 0.15) is 4.60 Å². The third-order valence-electron chi connectivity index (χ3n) is 3.14. The number of nitro groups is 1. The largest absolute Gasteiger partial charge is 0.269 e. The molecular formula is C15H9BrN2O2. The molecule has 4 nitrogen and oxygen atoms in total. The summed E-state index contributed by atoms with van der Waals surface area (Å²) in [5.74, 6) is 0. The van der Waals surface area contributed by atoms with E-state index in [0.717, 1.165) is 26.5 Å². The third kappa shape index (κ3) is 2.16. The summed E-state index contributed by atoms with van der Waals surface area (Å²) >= 11 is 3.43. The lowest BCUT2D eigenvalue weighted by Gasteiger charge is -2.07. The highest BCUT2D eigenvalue weighted by Gasteiger charge is 2.09. The van der Waals surface area contributed by atoms with Crippen molar-refractivity contribution < 1.29 is 4.92 Å². The van der Waals surface area contributed by atoms with Crippen molar-refractivity contribution in [1.82, 2.24) is 4.98 Å². The first-order valence-electron chi connectivity index (χ1n) is 5.95. The maximum atomic E-state index is 10.7. The Morgan fingerprint density at radius 1 is 1.00 bits per heavy atom. The Bertz CT molecular complexity index is 801.